The summed E-state index contributed by atoms with van der Waals surface area (Å²) in [7, 11) is -0.624. The van der Waals surface area contributed by atoms with E-state index < -0.39 is 10.0 Å². The van der Waals surface area contributed by atoms with Gasteiger partial charge in [-0.15, -0.1) is 0 Å². The van der Waals surface area contributed by atoms with Crippen molar-refractivity contribution in [3.05, 3.63) is 18.2 Å². The predicted molar refractivity (Wildman–Crippen MR) is 73.7 cm³/mol. The van der Waals surface area contributed by atoms with Gasteiger partial charge in [-0.2, -0.15) is 4.31 Å². The fraction of sp³-hybridized carbons (Fsp3) is 0.500. The van der Waals surface area contributed by atoms with Gasteiger partial charge >= 0.3 is 0 Å². The quantitative estimate of drug-likeness (QED) is 0.755. The van der Waals surface area contributed by atoms with Gasteiger partial charge in [0.25, 0.3) is 0 Å². The summed E-state index contributed by atoms with van der Waals surface area (Å²) in [6.45, 7) is 2.76. The lowest BCUT2D eigenvalue weighted by Gasteiger charge is -2.19. The zero-order chi connectivity index (χ0) is 14.5. The number of hydrogen-bond donors (Lipinski definition) is 1. The Kier molecular flexibility index (Phi) is 5.59. The molecule has 0 aliphatic carbocycles. The lowest BCUT2D eigenvalue weighted by Crippen LogP contribution is -2.30. The second kappa shape index (κ2) is 6.74. The van der Waals surface area contributed by atoms with Gasteiger partial charge in [0.1, 0.15) is 10.6 Å². The Bertz CT molecular complexity index is 516. The van der Waals surface area contributed by atoms with E-state index in [0.29, 0.717) is 24.7 Å². The van der Waals surface area contributed by atoms with Crippen LogP contribution < -0.4 is 10.5 Å². The van der Waals surface area contributed by atoms with Gasteiger partial charge in [0.15, 0.2) is 0 Å². The van der Waals surface area contributed by atoms with Crippen LogP contribution in [0.15, 0.2) is 23.1 Å². The van der Waals surface area contributed by atoms with Gasteiger partial charge in [-0.05, 0) is 25.1 Å². The van der Waals surface area contributed by atoms with Crippen molar-refractivity contribution in [2.75, 3.05) is 39.6 Å². The number of nitrogens with two attached hydrogens (primary N) is 1. The number of nitrogens with zero attached hydrogens (tertiary/aromatic N) is 1. The van der Waals surface area contributed by atoms with Crippen molar-refractivity contribution in [1.29, 1.82) is 0 Å². The van der Waals surface area contributed by atoms with Crippen LogP contribution in [0.4, 0.5) is 5.69 Å². The summed E-state index contributed by atoms with van der Waals surface area (Å²) >= 11 is 0. The molecule has 0 bridgehead atoms. The molecule has 2 N–H and O–H groups in total. The van der Waals surface area contributed by atoms with Crippen LogP contribution in [0.2, 0.25) is 0 Å². The molecular formula is C12H20N2O4S. The first kappa shape index (κ1) is 15.7. The summed E-state index contributed by atoms with van der Waals surface area (Å²) in [5.41, 5.74) is 6.03. The largest absolute Gasteiger partial charge is 0.492 e. The van der Waals surface area contributed by atoms with Crippen LogP contribution in [0.5, 0.6) is 5.75 Å². The highest BCUT2D eigenvalue weighted by Gasteiger charge is 2.24. The van der Waals surface area contributed by atoms with Crippen molar-refractivity contribution in [2.45, 2.75) is 11.8 Å². The van der Waals surface area contributed by atoms with Gasteiger partial charge < -0.3 is 15.2 Å². The van der Waals surface area contributed by atoms with Gasteiger partial charge in [0.05, 0.1) is 13.2 Å². The molecule has 1 rings (SSSR count). The Morgan fingerprint density at radius 2 is 2.05 bits per heavy atom. The highest BCUT2D eigenvalue weighted by molar-refractivity contribution is 7.89. The maximum Gasteiger partial charge on any atom is 0.246 e. The van der Waals surface area contributed by atoms with Gasteiger partial charge in [-0.1, -0.05) is 0 Å². The van der Waals surface area contributed by atoms with Crippen molar-refractivity contribution in [3.8, 4) is 5.75 Å². The van der Waals surface area contributed by atoms with Crippen LogP contribution in [0.3, 0.4) is 0 Å². The Hall–Kier alpha value is -1.31. The molecule has 0 spiro atoms. The second-order valence-electron chi connectivity index (χ2n) is 3.96. The number of rotatable bonds is 7. The predicted octanol–water partition coefficient (Wildman–Crippen LogP) is 0.934. The number of likely N-dealkylation sites (N-methyl/N-ethyl adjacent to an activating group) is 1. The normalized spacial score (nSPS) is 11.8. The van der Waals surface area contributed by atoms with Gasteiger partial charge in [0.2, 0.25) is 10.0 Å². The number of anilines is 1. The molecule has 0 unspecified atom stereocenters. The second-order valence-corrected chi connectivity index (χ2v) is 5.97. The number of hydrogen-bond acceptors (Lipinski definition) is 5. The standard InChI is InChI=1S/C12H20N2O4S/c1-4-18-11-6-5-10(13)9-12(11)19(15,16)14(2)7-8-17-3/h5-6,9H,4,7-8,13H2,1-3H3. The van der Waals surface area contributed by atoms with Crippen molar-refractivity contribution in [3.63, 3.8) is 0 Å². The van der Waals surface area contributed by atoms with E-state index in [1.165, 1.54) is 24.5 Å². The number of methoxy groups -OCH3 is 1. The molecular weight excluding hydrogens is 268 g/mol. The van der Waals surface area contributed by atoms with E-state index in [0.717, 1.165) is 0 Å². The van der Waals surface area contributed by atoms with Crippen LogP contribution in [0.1, 0.15) is 6.92 Å². The lowest BCUT2D eigenvalue weighted by atomic mass is 10.3. The molecule has 6 nitrogen and oxygen atoms in total. The van der Waals surface area contributed by atoms with Crippen LogP contribution in [-0.4, -0.2) is 46.6 Å². The molecule has 19 heavy (non-hydrogen) atoms. The average Bonchev–Trinajstić information content (AvgIpc) is 2.38. The first-order chi connectivity index (χ1) is 8.93. The molecule has 0 radical (unpaired) electrons. The minimum Gasteiger partial charge on any atom is -0.492 e. The molecule has 1 aromatic rings. The van der Waals surface area contributed by atoms with Crippen molar-refractivity contribution in [2.24, 2.45) is 0 Å². The number of benzene rings is 1. The van der Waals surface area contributed by atoms with E-state index >= 15 is 0 Å². The molecule has 0 aliphatic heterocycles. The zero-order valence-corrected chi connectivity index (χ0v) is 12.2. The van der Waals surface area contributed by atoms with E-state index in [4.69, 9.17) is 15.2 Å². The zero-order valence-electron chi connectivity index (χ0n) is 11.4. The third-order valence-electron chi connectivity index (χ3n) is 2.57. The maximum atomic E-state index is 12.4. The molecule has 108 valence electrons. The highest BCUT2D eigenvalue weighted by Crippen LogP contribution is 2.28. The first-order valence-electron chi connectivity index (χ1n) is 5.91. The molecule has 0 saturated heterocycles. The SMILES string of the molecule is CCOc1ccc(N)cc1S(=O)(=O)N(C)CCOC. The molecule has 0 saturated carbocycles. The maximum absolute atomic E-state index is 12.4. The third-order valence-corrected chi connectivity index (χ3v) is 4.44. The van der Waals surface area contributed by atoms with E-state index in [9.17, 15) is 8.42 Å². The summed E-state index contributed by atoms with van der Waals surface area (Å²) in [5, 5.41) is 0. The van der Waals surface area contributed by atoms with Crippen LogP contribution in [0, 0.1) is 0 Å². The molecule has 0 heterocycles. The Morgan fingerprint density at radius 3 is 2.63 bits per heavy atom. The molecule has 0 amide bonds. The number of sulfonamides is 1. The average molecular weight is 288 g/mol. The summed E-state index contributed by atoms with van der Waals surface area (Å²) in [6, 6.07) is 4.58. The van der Waals surface area contributed by atoms with Crippen LogP contribution in [-0.2, 0) is 14.8 Å². The smallest absolute Gasteiger partial charge is 0.246 e. The van der Waals surface area contributed by atoms with E-state index in [2.05, 4.69) is 0 Å². The van der Waals surface area contributed by atoms with E-state index in [1.54, 1.807) is 19.1 Å². The Balaban J connectivity index is 3.15. The molecule has 1 aromatic carbocycles. The summed E-state index contributed by atoms with van der Waals surface area (Å²) in [5.74, 6) is 0.306. The van der Waals surface area contributed by atoms with Gasteiger partial charge in [0, 0.05) is 26.4 Å². The molecule has 0 atom stereocenters. The van der Waals surface area contributed by atoms with Crippen molar-refractivity contribution >= 4 is 15.7 Å². The van der Waals surface area contributed by atoms with Crippen molar-refractivity contribution < 1.29 is 17.9 Å². The fourth-order valence-corrected chi connectivity index (χ4v) is 2.83. The minimum absolute atomic E-state index is 0.0768. The Labute approximate surface area is 114 Å². The van der Waals surface area contributed by atoms with Crippen molar-refractivity contribution in [1.82, 2.24) is 4.31 Å². The molecule has 0 fully saturated rings. The van der Waals surface area contributed by atoms with Crippen LogP contribution in [0.25, 0.3) is 0 Å². The summed E-state index contributed by atoms with van der Waals surface area (Å²) < 4.78 is 36.3. The van der Waals surface area contributed by atoms with Gasteiger partial charge in [-0.3, -0.25) is 0 Å². The Morgan fingerprint density at radius 1 is 1.37 bits per heavy atom. The number of nitrogen functional groups attached to an aromatic ring is 1. The number of ether oxygens (including phenoxy) is 2. The third kappa shape index (κ3) is 3.82. The van der Waals surface area contributed by atoms with Gasteiger partial charge in [-0.25, -0.2) is 8.42 Å². The summed E-state index contributed by atoms with van der Waals surface area (Å²) in [4.78, 5) is 0.0768. The molecule has 0 aliphatic rings. The van der Waals surface area contributed by atoms with Crippen LogP contribution >= 0.6 is 0 Å². The monoisotopic (exact) mass is 288 g/mol. The first-order valence-corrected chi connectivity index (χ1v) is 7.35. The highest BCUT2D eigenvalue weighted by atomic mass is 32.2. The van der Waals surface area contributed by atoms with E-state index in [-0.39, 0.29) is 11.4 Å². The lowest BCUT2D eigenvalue weighted by molar-refractivity contribution is 0.185. The minimum atomic E-state index is -3.64. The summed E-state index contributed by atoms with van der Waals surface area (Å²) in [6.07, 6.45) is 0. The topological polar surface area (TPSA) is 81.9 Å². The fourth-order valence-electron chi connectivity index (χ4n) is 1.51. The molecule has 0 aromatic heterocycles. The van der Waals surface area contributed by atoms with E-state index in [1.807, 2.05) is 0 Å². The molecule has 7 heteroatoms.